The van der Waals surface area contributed by atoms with Crippen molar-refractivity contribution in [3.8, 4) is 0 Å². The summed E-state index contributed by atoms with van der Waals surface area (Å²) < 4.78 is 26.9. The smallest absolute Gasteiger partial charge is 0.854 e. The Balaban J connectivity index is -0.000000143. The molecular formula is C7H17NaO4S. The standard InChI is InChI=1S/C5H11O.C2H6O3S.Na/c1-2-3-4-5-6;1-2-6(3,4)5;/h2-5H2,1H3;2H2,1H3,(H,3,4,5);/q-1;;+1. The summed E-state index contributed by atoms with van der Waals surface area (Å²) >= 11 is 0. The van der Waals surface area contributed by atoms with E-state index in [1.54, 1.807) is 0 Å². The van der Waals surface area contributed by atoms with E-state index in [0.29, 0.717) is 0 Å². The Morgan fingerprint density at radius 3 is 1.69 bits per heavy atom. The summed E-state index contributed by atoms with van der Waals surface area (Å²) in [5.74, 6) is -0.201. The molecule has 0 aliphatic rings. The fraction of sp³-hybridized carbons (Fsp3) is 1.00. The summed E-state index contributed by atoms with van der Waals surface area (Å²) in [6.45, 7) is 3.57. The minimum Gasteiger partial charge on any atom is -0.854 e. The van der Waals surface area contributed by atoms with Gasteiger partial charge in [0.05, 0.1) is 5.75 Å². The molecule has 0 unspecified atom stereocenters. The van der Waals surface area contributed by atoms with Crippen LogP contribution < -0.4 is 34.7 Å². The van der Waals surface area contributed by atoms with Crippen molar-refractivity contribution in [2.75, 3.05) is 12.4 Å². The van der Waals surface area contributed by atoms with Crippen molar-refractivity contribution in [3.05, 3.63) is 0 Å². The molecule has 0 aromatic rings. The Kier molecular flexibility index (Phi) is 19.2. The largest absolute Gasteiger partial charge is 1.00 e. The van der Waals surface area contributed by atoms with Crippen molar-refractivity contribution in [3.63, 3.8) is 0 Å². The van der Waals surface area contributed by atoms with E-state index in [2.05, 4.69) is 6.92 Å². The molecule has 0 spiro atoms. The first-order valence-corrected chi connectivity index (χ1v) is 5.62. The molecule has 0 saturated carbocycles. The van der Waals surface area contributed by atoms with Gasteiger partial charge in [0.1, 0.15) is 0 Å². The van der Waals surface area contributed by atoms with Crippen LogP contribution in [0.2, 0.25) is 0 Å². The molecule has 13 heavy (non-hydrogen) atoms. The van der Waals surface area contributed by atoms with Crippen molar-refractivity contribution in [1.82, 2.24) is 0 Å². The first-order chi connectivity index (χ1) is 5.47. The van der Waals surface area contributed by atoms with Crippen LogP contribution in [0.25, 0.3) is 0 Å². The fourth-order valence-electron chi connectivity index (χ4n) is 0.352. The Bertz CT molecular complexity index is 163. The van der Waals surface area contributed by atoms with Crippen LogP contribution in [0, 0.1) is 0 Å². The maximum atomic E-state index is 9.69. The maximum Gasteiger partial charge on any atom is 1.00 e. The molecule has 0 radical (unpaired) electrons. The van der Waals surface area contributed by atoms with E-state index in [4.69, 9.17) is 4.55 Å². The molecule has 0 amide bonds. The average Bonchev–Trinajstić information content (AvgIpc) is 2.01. The zero-order chi connectivity index (χ0) is 10.0. The van der Waals surface area contributed by atoms with Crippen LogP contribution in [-0.2, 0) is 10.1 Å². The van der Waals surface area contributed by atoms with E-state index in [0.717, 1.165) is 19.3 Å². The molecule has 0 bridgehead atoms. The van der Waals surface area contributed by atoms with Crippen molar-refractivity contribution >= 4 is 10.1 Å². The monoisotopic (exact) mass is 220 g/mol. The van der Waals surface area contributed by atoms with E-state index < -0.39 is 10.1 Å². The number of hydrogen-bond donors (Lipinski definition) is 1. The number of rotatable bonds is 4. The minimum atomic E-state index is -3.66. The SMILES string of the molecule is CCCCC[O-].CCS(=O)(=O)O.[Na+]. The first kappa shape index (κ1) is 19.4. The molecule has 6 heteroatoms. The normalized spacial score (nSPS) is 9.54. The second kappa shape index (κ2) is 12.9. The fourth-order valence-corrected chi connectivity index (χ4v) is 0.352. The van der Waals surface area contributed by atoms with E-state index >= 15 is 0 Å². The van der Waals surface area contributed by atoms with Crippen molar-refractivity contribution < 1.29 is 47.6 Å². The van der Waals surface area contributed by atoms with Gasteiger partial charge in [-0.25, -0.2) is 0 Å². The summed E-state index contributed by atoms with van der Waals surface area (Å²) in [6, 6.07) is 0. The van der Waals surface area contributed by atoms with Gasteiger partial charge in [-0.3, -0.25) is 4.55 Å². The predicted octanol–water partition coefficient (Wildman–Crippen LogP) is -2.56. The zero-order valence-corrected chi connectivity index (χ0v) is 11.4. The summed E-state index contributed by atoms with van der Waals surface area (Å²) in [6.07, 6.45) is 3.11. The molecule has 1 N–H and O–H groups in total. The molecule has 0 heterocycles. The van der Waals surface area contributed by atoms with Crippen molar-refractivity contribution in [2.24, 2.45) is 0 Å². The summed E-state index contributed by atoms with van der Waals surface area (Å²) in [7, 11) is -3.66. The van der Waals surface area contributed by atoms with Gasteiger partial charge in [-0.15, -0.1) is 6.61 Å². The molecule has 0 saturated heterocycles. The second-order valence-electron chi connectivity index (χ2n) is 2.28. The molecule has 4 nitrogen and oxygen atoms in total. The molecule has 0 fully saturated rings. The van der Waals surface area contributed by atoms with Gasteiger partial charge in [0, 0.05) is 0 Å². The zero-order valence-electron chi connectivity index (χ0n) is 8.62. The quantitative estimate of drug-likeness (QED) is 0.321. The Morgan fingerprint density at radius 1 is 1.23 bits per heavy atom. The molecule has 0 rings (SSSR count). The Hall–Kier alpha value is 0.870. The van der Waals surface area contributed by atoms with Crippen LogP contribution in [0.1, 0.15) is 33.1 Å². The summed E-state index contributed by atoms with van der Waals surface area (Å²) in [5, 5.41) is 9.69. The summed E-state index contributed by atoms with van der Waals surface area (Å²) in [5.41, 5.74) is 0. The van der Waals surface area contributed by atoms with E-state index in [-0.39, 0.29) is 41.9 Å². The van der Waals surface area contributed by atoms with Gasteiger partial charge in [-0.05, 0) is 6.92 Å². The molecule has 0 aliphatic heterocycles. The molecule has 0 aliphatic carbocycles. The van der Waals surface area contributed by atoms with Gasteiger partial charge < -0.3 is 5.11 Å². The van der Waals surface area contributed by atoms with Crippen molar-refractivity contribution in [2.45, 2.75) is 33.1 Å². The Morgan fingerprint density at radius 2 is 1.62 bits per heavy atom. The van der Waals surface area contributed by atoms with Crippen molar-refractivity contribution in [1.29, 1.82) is 0 Å². The third-order valence-corrected chi connectivity index (χ3v) is 1.84. The van der Waals surface area contributed by atoms with Gasteiger partial charge in [0.15, 0.2) is 0 Å². The van der Waals surface area contributed by atoms with Gasteiger partial charge in [0.25, 0.3) is 10.1 Å². The van der Waals surface area contributed by atoms with Gasteiger partial charge in [0.2, 0.25) is 0 Å². The first-order valence-electron chi connectivity index (χ1n) is 4.01. The molecule has 0 aromatic carbocycles. The predicted molar refractivity (Wildman–Crippen MR) is 46.5 cm³/mol. The van der Waals surface area contributed by atoms with Gasteiger partial charge in [-0.2, -0.15) is 8.42 Å². The van der Waals surface area contributed by atoms with Crippen LogP contribution in [0.5, 0.6) is 0 Å². The molecular weight excluding hydrogens is 203 g/mol. The van der Waals surface area contributed by atoms with Crippen LogP contribution in [0.4, 0.5) is 0 Å². The third-order valence-electron chi connectivity index (χ3n) is 1.11. The third kappa shape index (κ3) is 32.2. The maximum absolute atomic E-state index is 9.69. The summed E-state index contributed by atoms with van der Waals surface area (Å²) in [4.78, 5) is 0. The molecule has 0 atom stereocenters. The van der Waals surface area contributed by atoms with Gasteiger partial charge >= 0.3 is 29.6 Å². The van der Waals surface area contributed by atoms with E-state index in [1.807, 2.05) is 0 Å². The topological polar surface area (TPSA) is 77.4 Å². The van der Waals surface area contributed by atoms with Gasteiger partial charge in [-0.1, -0.05) is 26.2 Å². The van der Waals surface area contributed by atoms with Crippen LogP contribution in [0.15, 0.2) is 0 Å². The Labute approximate surface area is 103 Å². The number of hydrogen-bond acceptors (Lipinski definition) is 3. The van der Waals surface area contributed by atoms with E-state index in [9.17, 15) is 13.5 Å². The molecule has 0 aromatic heterocycles. The van der Waals surface area contributed by atoms with Crippen LogP contribution in [0.3, 0.4) is 0 Å². The average molecular weight is 220 g/mol. The van der Waals surface area contributed by atoms with Crippen LogP contribution >= 0.6 is 0 Å². The minimum absolute atomic E-state index is 0. The molecule has 76 valence electrons. The van der Waals surface area contributed by atoms with E-state index in [1.165, 1.54) is 6.92 Å². The van der Waals surface area contributed by atoms with Crippen LogP contribution in [-0.4, -0.2) is 25.3 Å². The second-order valence-corrected chi connectivity index (χ2v) is 4.02. The number of unbranched alkanes of at least 4 members (excludes halogenated alkanes) is 2.